The summed E-state index contributed by atoms with van der Waals surface area (Å²) in [5, 5.41) is 3.97. The summed E-state index contributed by atoms with van der Waals surface area (Å²) in [6.45, 7) is 1.68. The van der Waals surface area contributed by atoms with Gasteiger partial charge in [0.1, 0.15) is 12.2 Å². The van der Waals surface area contributed by atoms with Crippen molar-refractivity contribution in [2.45, 2.75) is 12.5 Å². The van der Waals surface area contributed by atoms with Crippen LogP contribution in [0.25, 0.3) is 0 Å². The normalized spacial score (nSPS) is 13.0. The van der Waals surface area contributed by atoms with E-state index in [9.17, 15) is 0 Å². The lowest BCUT2D eigenvalue weighted by molar-refractivity contribution is 0.0634. The third kappa shape index (κ3) is 4.37. The maximum absolute atomic E-state index is 5.87. The first-order chi connectivity index (χ1) is 7.24. The van der Waals surface area contributed by atoms with Crippen molar-refractivity contribution in [3.63, 3.8) is 0 Å². The van der Waals surface area contributed by atoms with E-state index in [0.717, 1.165) is 5.82 Å². The Labute approximate surface area is 89.4 Å². The minimum atomic E-state index is -0.0512. The second-order valence-electron chi connectivity index (χ2n) is 3.33. The van der Waals surface area contributed by atoms with Crippen LogP contribution in [-0.4, -0.2) is 47.7 Å². The summed E-state index contributed by atoms with van der Waals surface area (Å²) < 4.78 is 11.9. The van der Waals surface area contributed by atoms with Crippen molar-refractivity contribution in [1.82, 2.24) is 14.8 Å². The van der Waals surface area contributed by atoms with Gasteiger partial charge in [-0.05, 0) is 0 Å². The van der Waals surface area contributed by atoms with Crippen LogP contribution in [0, 0.1) is 0 Å². The molecule has 0 aliphatic heterocycles. The first-order valence-corrected chi connectivity index (χ1v) is 4.89. The first-order valence-electron chi connectivity index (χ1n) is 4.89. The third-order valence-corrected chi connectivity index (χ3v) is 2.01. The van der Waals surface area contributed by atoms with Gasteiger partial charge in [0.2, 0.25) is 0 Å². The molecule has 0 aliphatic carbocycles. The quantitative estimate of drug-likeness (QED) is 0.610. The molecule has 0 fully saturated rings. The Hall–Kier alpha value is -0.980. The molecule has 1 atom stereocenters. The summed E-state index contributed by atoms with van der Waals surface area (Å²) in [7, 11) is 3.49. The molecule has 1 aromatic rings. The lowest BCUT2D eigenvalue weighted by Crippen LogP contribution is -2.30. The summed E-state index contributed by atoms with van der Waals surface area (Å²) in [4.78, 5) is 4.09. The van der Waals surface area contributed by atoms with Gasteiger partial charge in [-0.15, -0.1) is 0 Å². The lowest BCUT2D eigenvalue weighted by Gasteiger charge is -2.11. The first kappa shape index (κ1) is 12.1. The van der Waals surface area contributed by atoms with E-state index in [-0.39, 0.29) is 6.04 Å². The number of aryl methyl sites for hydroxylation is 1. The fourth-order valence-corrected chi connectivity index (χ4v) is 1.18. The second-order valence-corrected chi connectivity index (χ2v) is 3.33. The molecule has 1 rings (SSSR count). The number of hydrogen-bond acceptors (Lipinski definition) is 5. The molecule has 0 saturated heterocycles. The summed E-state index contributed by atoms with van der Waals surface area (Å²) in [6, 6.07) is -0.0512. The predicted molar refractivity (Wildman–Crippen MR) is 55.4 cm³/mol. The lowest BCUT2D eigenvalue weighted by atomic mass is 10.2. The van der Waals surface area contributed by atoms with Crippen LogP contribution in [0.2, 0.25) is 0 Å². The molecule has 0 bridgehead atoms. The van der Waals surface area contributed by atoms with Crippen LogP contribution in [0.5, 0.6) is 0 Å². The summed E-state index contributed by atoms with van der Waals surface area (Å²) in [6.07, 6.45) is 2.19. The smallest absolute Gasteiger partial charge is 0.138 e. The SMILES string of the molecule is COCCOCC(N)Cc1ncnn1C. The van der Waals surface area contributed by atoms with Gasteiger partial charge in [-0.3, -0.25) is 4.68 Å². The Morgan fingerprint density at radius 3 is 2.93 bits per heavy atom. The van der Waals surface area contributed by atoms with Crippen molar-refractivity contribution in [1.29, 1.82) is 0 Å². The van der Waals surface area contributed by atoms with E-state index in [4.69, 9.17) is 15.2 Å². The zero-order valence-corrected chi connectivity index (χ0v) is 9.22. The second kappa shape index (κ2) is 6.49. The monoisotopic (exact) mass is 214 g/mol. The highest BCUT2D eigenvalue weighted by molar-refractivity contribution is 4.87. The average Bonchev–Trinajstić information content (AvgIpc) is 2.59. The highest BCUT2D eigenvalue weighted by Crippen LogP contribution is 1.96. The zero-order chi connectivity index (χ0) is 11.1. The Kier molecular flexibility index (Phi) is 5.23. The molecule has 0 aliphatic rings. The van der Waals surface area contributed by atoms with Gasteiger partial charge in [0, 0.05) is 26.6 Å². The molecule has 0 aromatic carbocycles. The van der Waals surface area contributed by atoms with Crippen LogP contribution in [-0.2, 0) is 22.9 Å². The number of rotatable bonds is 7. The molecule has 1 unspecified atom stereocenters. The highest BCUT2D eigenvalue weighted by atomic mass is 16.5. The van der Waals surface area contributed by atoms with Gasteiger partial charge >= 0.3 is 0 Å². The number of nitrogens with zero attached hydrogens (tertiary/aromatic N) is 3. The van der Waals surface area contributed by atoms with Crippen LogP contribution >= 0.6 is 0 Å². The molecular weight excluding hydrogens is 196 g/mol. The van der Waals surface area contributed by atoms with Gasteiger partial charge in [-0.1, -0.05) is 0 Å². The maximum Gasteiger partial charge on any atom is 0.138 e. The van der Waals surface area contributed by atoms with E-state index in [1.807, 2.05) is 7.05 Å². The summed E-state index contributed by atoms with van der Waals surface area (Å²) in [5.74, 6) is 0.873. The molecule has 0 amide bonds. The van der Waals surface area contributed by atoms with E-state index >= 15 is 0 Å². The van der Waals surface area contributed by atoms with Crippen LogP contribution in [0.4, 0.5) is 0 Å². The van der Waals surface area contributed by atoms with Gasteiger partial charge < -0.3 is 15.2 Å². The molecule has 1 heterocycles. The van der Waals surface area contributed by atoms with Gasteiger partial charge in [0.05, 0.1) is 19.8 Å². The predicted octanol–water partition coefficient (Wildman–Crippen LogP) is -0.652. The summed E-state index contributed by atoms with van der Waals surface area (Å²) >= 11 is 0. The van der Waals surface area contributed by atoms with Crippen molar-refractivity contribution in [2.75, 3.05) is 26.9 Å². The van der Waals surface area contributed by atoms with Crippen LogP contribution < -0.4 is 5.73 Å². The van der Waals surface area contributed by atoms with E-state index in [0.29, 0.717) is 26.2 Å². The zero-order valence-electron chi connectivity index (χ0n) is 9.22. The maximum atomic E-state index is 5.87. The van der Waals surface area contributed by atoms with Crippen LogP contribution in [0.1, 0.15) is 5.82 Å². The van der Waals surface area contributed by atoms with Crippen molar-refractivity contribution in [2.24, 2.45) is 12.8 Å². The van der Waals surface area contributed by atoms with Crippen LogP contribution in [0.3, 0.4) is 0 Å². The fourth-order valence-electron chi connectivity index (χ4n) is 1.18. The Balaban J connectivity index is 2.18. The van der Waals surface area contributed by atoms with Crippen molar-refractivity contribution in [3.05, 3.63) is 12.2 Å². The minimum absolute atomic E-state index is 0.0512. The van der Waals surface area contributed by atoms with Gasteiger partial charge in [-0.2, -0.15) is 5.10 Å². The number of hydrogen-bond donors (Lipinski definition) is 1. The number of ether oxygens (including phenoxy) is 2. The number of nitrogens with two attached hydrogens (primary N) is 1. The van der Waals surface area contributed by atoms with Gasteiger partial charge in [0.25, 0.3) is 0 Å². The molecule has 86 valence electrons. The van der Waals surface area contributed by atoms with Crippen molar-refractivity contribution < 1.29 is 9.47 Å². The molecule has 0 spiro atoms. The largest absolute Gasteiger partial charge is 0.382 e. The number of methoxy groups -OCH3 is 1. The molecule has 0 saturated carbocycles. The minimum Gasteiger partial charge on any atom is -0.382 e. The van der Waals surface area contributed by atoms with Gasteiger partial charge in [-0.25, -0.2) is 4.98 Å². The van der Waals surface area contributed by atoms with E-state index in [1.165, 1.54) is 6.33 Å². The molecule has 1 aromatic heterocycles. The average molecular weight is 214 g/mol. The van der Waals surface area contributed by atoms with Crippen molar-refractivity contribution >= 4 is 0 Å². The Morgan fingerprint density at radius 2 is 2.33 bits per heavy atom. The Morgan fingerprint density at radius 1 is 1.53 bits per heavy atom. The van der Waals surface area contributed by atoms with Gasteiger partial charge in [0.15, 0.2) is 0 Å². The van der Waals surface area contributed by atoms with E-state index in [1.54, 1.807) is 11.8 Å². The molecule has 0 radical (unpaired) electrons. The molecule has 15 heavy (non-hydrogen) atoms. The molecule has 6 heteroatoms. The third-order valence-electron chi connectivity index (χ3n) is 2.01. The van der Waals surface area contributed by atoms with E-state index in [2.05, 4.69) is 10.1 Å². The van der Waals surface area contributed by atoms with Crippen molar-refractivity contribution in [3.8, 4) is 0 Å². The molecule has 6 nitrogen and oxygen atoms in total. The van der Waals surface area contributed by atoms with Crippen LogP contribution in [0.15, 0.2) is 6.33 Å². The number of aromatic nitrogens is 3. The molecular formula is C9H18N4O2. The summed E-state index contributed by atoms with van der Waals surface area (Å²) in [5.41, 5.74) is 5.87. The molecule has 2 N–H and O–H groups in total. The highest BCUT2D eigenvalue weighted by Gasteiger charge is 2.08. The topological polar surface area (TPSA) is 75.2 Å². The Bertz CT molecular complexity index is 277. The standard InChI is InChI=1S/C9H18N4O2/c1-13-9(11-7-12-13)5-8(10)6-15-4-3-14-2/h7-8H,3-6,10H2,1-2H3. The van der Waals surface area contributed by atoms with E-state index < -0.39 is 0 Å². The fraction of sp³-hybridized carbons (Fsp3) is 0.778.